The lowest BCUT2D eigenvalue weighted by atomic mass is 9.88. The van der Waals surface area contributed by atoms with Crippen molar-refractivity contribution in [3.63, 3.8) is 0 Å². The molecule has 1 unspecified atom stereocenters. The fourth-order valence-electron chi connectivity index (χ4n) is 4.91. The van der Waals surface area contributed by atoms with Crippen LogP contribution in [0.2, 0.25) is 19.6 Å². The molecular weight excluding hydrogens is 587 g/mol. The number of carbonyl (C=O) groups excluding carboxylic acids is 5. The van der Waals surface area contributed by atoms with E-state index in [2.05, 4.69) is 78.9 Å². The second kappa shape index (κ2) is 17.0. The summed E-state index contributed by atoms with van der Waals surface area (Å²) in [5.74, 6) is 0.271. The van der Waals surface area contributed by atoms with Crippen molar-refractivity contribution in [2.24, 2.45) is 0 Å². The van der Waals surface area contributed by atoms with Crippen LogP contribution < -0.4 is 0 Å². The van der Waals surface area contributed by atoms with Crippen molar-refractivity contribution in [2.75, 3.05) is 25.8 Å². The van der Waals surface area contributed by atoms with Gasteiger partial charge in [0.1, 0.15) is 0 Å². The zero-order valence-corrected chi connectivity index (χ0v) is 26.2. The largest absolute Gasteiger partial charge is 0.378 e. The normalized spacial score (nSPS) is 22.4. The third-order valence-electron chi connectivity index (χ3n) is 6.61. The molecule has 0 bridgehead atoms. The van der Waals surface area contributed by atoms with Gasteiger partial charge in [0.25, 0.3) is 0 Å². The topological polar surface area (TPSA) is 91.8 Å². The molecule has 0 saturated carbocycles. The van der Waals surface area contributed by atoms with Gasteiger partial charge in [0.2, 0.25) is 0 Å². The van der Waals surface area contributed by atoms with Crippen LogP contribution >= 0.6 is 22.6 Å². The highest BCUT2D eigenvalue weighted by Gasteiger charge is 2.45. The first kappa shape index (κ1) is 34.4. The fraction of sp³-hybridized carbons (Fsp3) is 0.667. The molecule has 3 aliphatic heterocycles. The lowest BCUT2D eigenvalue weighted by molar-refractivity contribution is -0.193. The van der Waals surface area contributed by atoms with E-state index in [9.17, 15) is 4.79 Å². The SMILES string of the molecule is CC/C(I)=C/C12CCCN1CC(C)=C2C.CCC(=O)/C=C1\CCCN1C[Si](C)(C)C.O=C=O.O=C=O. The van der Waals surface area contributed by atoms with Gasteiger partial charge >= 0.3 is 12.3 Å². The molecule has 0 radical (unpaired) electrons. The van der Waals surface area contributed by atoms with Crippen LogP contribution in [0.15, 0.2) is 32.6 Å². The molecule has 3 heterocycles. The van der Waals surface area contributed by atoms with Crippen LogP contribution in [0.5, 0.6) is 0 Å². The first-order valence-electron chi connectivity index (χ1n) is 12.6. The van der Waals surface area contributed by atoms with Gasteiger partial charge in [0, 0.05) is 37.5 Å². The minimum absolute atomic E-state index is 0.250. The number of carbonyl (C=O) groups is 1. The molecule has 1 atom stereocenters. The van der Waals surface area contributed by atoms with E-state index in [4.69, 9.17) is 19.2 Å². The molecule has 9 heteroatoms. The number of halogens is 1. The van der Waals surface area contributed by atoms with Crippen LogP contribution in [-0.4, -0.2) is 67.3 Å². The molecule has 0 aromatic carbocycles. The average Bonchev–Trinajstić information content (AvgIpc) is 3.45. The maximum absolute atomic E-state index is 11.4. The van der Waals surface area contributed by atoms with Crippen LogP contribution in [0, 0.1) is 0 Å². The molecule has 2 fully saturated rings. The Kier molecular flexibility index (Phi) is 16.2. The van der Waals surface area contributed by atoms with E-state index < -0.39 is 8.07 Å². The number of hydrogen-bond acceptors (Lipinski definition) is 7. The Bertz CT molecular complexity index is 882. The van der Waals surface area contributed by atoms with Crippen molar-refractivity contribution >= 4 is 48.8 Å². The van der Waals surface area contributed by atoms with Crippen LogP contribution in [0.1, 0.15) is 66.2 Å². The average molecular weight is 631 g/mol. The van der Waals surface area contributed by atoms with Gasteiger partial charge in [-0.15, -0.1) is 0 Å². The van der Waals surface area contributed by atoms with E-state index in [0.717, 1.165) is 13.0 Å². The van der Waals surface area contributed by atoms with Crippen molar-refractivity contribution in [1.29, 1.82) is 0 Å². The number of rotatable bonds is 6. The third-order valence-corrected chi connectivity index (χ3v) is 9.01. The molecule has 0 amide bonds. The molecule has 202 valence electrons. The van der Waals surface area contributed by atoms with Crippen LogP contribution in [0.3, 0.4) is 0 Å². The number of fused-ring (bicyclic) bond motifs is 1. The molecule has 36 heavy (non-hydrogen) atoms. The molecule has 0 aromatic heterocycles. The number of ketones is 1. The number of nitrogens with zero attached hydrogens (tertiary/aromatic N) is 2. The number of hydrogen-bond donors (Lipinski definition) is 0. The zero-order chi connectivity index (χ0) is 27.9. The molecule has 3 aliphatic rings. The van der Waals surface area contributed by atoms with E-state index in [-0.39, 0.29) is 18.1 Å². The predicted octanol–water partition coefficient (Wildman–Crippen LogP) is 5.56. The summed E-state index contributed by atoms with van der Waals surface area (Å²) in [7, 11) is -1.05. The number of likely N-dealkylation sites (tertiary alicyclic amines) is 1. The molecule has 0 aromatic rings. The van der Waals surface area contributed by atoms with Gasteiger partial charge < -0.3 is 4.90 Å². The lowest BCUT2D eigenvalue weighted by Crippen LogP contribution is -2.38. The van der Waals surface area contributed by atoms with E-state index in [1.54, 1.807) is 11.1 Å². The van der Waals surface area contributed by atoms with Crippen LogP contribution in [0.4, 0.5) is 0 Å². The summed E-state index contributed by atoms with van der Waals surface area (Å²) in [6.07, 6.45) is 12.9. The molecular formula is C27H43IN2O5Si. The zero-order valence-electron chi connectivity index (χ0n) is 23.0. The standard InChI is InChI=1S/C13H20IN.C12H23NOSi.2CO2/c1-4-12(14)8-13-6-5-7-15(13)9-10(2)11(13)3;1-5-12(14)9-11-7-6-8-13(11)10-15(2,3)4;2*2-1-3/h8H,4-7,9H2,1-3H3;9H,5-8,10H2,1-4H3;;/b12-8-;11-9+;;. The summed E-state index contributed by atoms with van der Waals surface area (Å²) in [5.41, 5.74) is 4.79. The van der Waals surface area contributed by atoms with Crippen LogP contribution in [-0.2, 0) is 24.0 Å². The Morgan fingerprint density at radius 1 is 1.03 bits per heavy atom. The van der Waals surface area contributed by atoms with Crippen molar-refractivity contribution in [1.82, 2.24) is 9.80 Å². The van der Waals surface area contributed by atoms with Gasteiger partial charge in [-0.2, -0.15) is 19.2 Å². The third kappa shape index (κ3) is 11.2. The maximum atomic E-state index is 11.4. The summed E-state index contributed by atoms with van der Waals surface area (Å²) in [4.78, 5) is 49.0. The van der Waals surface area contributed by atoms with Crippen LogP contribution in [0.25, 0.3) is 0 Å². The van der Waals surface area contributed by atoms with E-state index >= 15 is 0 Å². The maximum Gasteiger partial charge on any atom is 0.373 e. The first-order valence-corrected chi connectivity index (χ1v) is 17.4. The Hall–Kier alpha value is -1.64. The van der Waals surface area contributed by atoms with Gasteiger partial charge in [-0.05, 0) is 84.2 Å². The minimum Gasteiger partial charge on any atom is -0.378 e. The Balaban J connectivity index is 0.000000559. The summed E-state index contributed by atoms with van der Waals surface area (Å²) < 4.78 is 1.51. The van der Waals surface area contributed by atoms with Gasteiger partial charge in [-0.25, -0.2) is 0 Å². The molecule has 0 aliphatic carbocycles. The predicted molar refractivity (Wildman–Crippen MR) is 152 cm³/mol. The van der Waals surface area contributed by atoms with E-state index in [1.165, 1.54) is 54.2 Å². The van der Waals surface area contributed by atoms with Crippen molar-refractivity contribution in [3.8, 4) is 0 Å². The molecule has 0 N–H and O–H groups in total. The minimum atomic E-state index is -1.05. The van der Waals surface area contributed by atoms with E-state index in [1.807, 2.05) is 13.0 Å². The van der Waals surface area contributed by atoms with Gasteiger partial charge in [0.05, 0.1) is 13.6 Å². The van der Waals surface area contributed by atoms with Gasteiger partial charge in [-0.1, -0.05) is 45.1 Å². The molecule has 7 nitrogen and oxygen atoms in total. The quantitative estimate of drug-likeness (QED) is 0.164. The molecule has 3 rings (SSSR count). The van der Waals surface area contributed by atoms with Crippen molar-refractivity contribution in [3.05, 3.63) is 32.6 Å². The summed E-state index contributed by atoms with van der Waals surface area (Å²) in [6, 6.07) is 0. The monoisotopic (exact) mass is 630 g/mol. The summed E-state index contributed by atoms with van der Waals surface area (Å²) in [6.45, 7) is 19.5. The van der Waals surface area contributed by atoms with Crippen molar-refractivity contribution < 1.29 is 24.0 Å². The highest BCUT2D eigenvalue weighted by Crippen LogP contribution is 2.44. The lowest BCUT2D eigenvalue weighted by Gasteiger charge is -2.31. The molecule has 0 spiro atoms. The molecule has 2 saturated heterocycles. The Morgan fingerprint density at radius 2 is 1.61 bits per heavy atom. The highest BCUT2D eigenvalue weighted by atomic mass is 127. The second-order valence-corrected chi connectivity index (χ2v) is 17.3. The smallest absolute Gasteiger partial charge is 0.373 e. The first-order chi connectivity index (χ1) is 16.8. The summed E-state index contributed by atoms with van der Waals surface area (Å²) in [5, 5.41) is 0. The Morgan fingerprint density at radius 3 is 2.11 bits per heavy atom. The fourth-order valence-corrected chi connectivity index (χ4v) is 6.93. The van der Waals surface area contributed by atoms with Gasteiger partial charge in [0.15, 0.2) is 5.78 Å². The van der Waals surface area contributed by atoms with E-state index in [0.29, 0.717) is 12.0 Å². The van der Waals surface area contributed by atoms with Gasteiger partial charge in [-0.3, -0.25) is 9.69 Å². The Labute approximate surface area is 231 Å². The second-order valence-electron chi connectivity index (χ2n) is 10.5. The number of allylic oxidation sites excluding steroid dienone is 3. The van der Waals surface area contributed by atoms with Crippen molar-refractivity contribution in [2.45, 2.75) is 91.4 Å². The highest BCUT2D eigenvalue weighted by molar-refractivity contribution is 14.1. The summed E-state index contributed by atoms with van der Waals surface area (Å²) >= 11 is 2.50.